The van der Waals surface area contributed by atoms with Crippen LogP contribution < -0.4 is 10.6 Å². The van der Waals surface area contributed by atoms with Crippen LogP contribution in [0.5, 0.6) is 0 Å². The fourth-order valence-corrected chi connectivity index (χ4v) is 3.36. The van der Waals surface area contributed by atoms with Crippen LogP contribution in [0, 0.1) is 0 Å². The molecule has 2 aromatic rings. The van der Waals surface area contributed by atoms with Crippen molar-refractivity contribution in [2.75, 3.05) is 18.4 Å². The van der Waals surface area contributed by atoms with E-state index >= 15 is 0 Å². The maximum absolute atomic E-state index is 12.2. The predicted octanol–water partition coefficient (Wildman–Crippen LogP) is 4.75. The van der Waals surface area contributed by atoms with E-state index in [-0.39, 0.29) is 5.91 Å². The highest BCUT2D eigenvalue weighted by Crippen LogP contribution is 2.19. The van der Waals surface area contributed by atoms with Gasteiger partial charge in [0.1, 0.15) is 5.82 Å². The van der Waals surface area contributed by atoms with Crippen LogP contribution in [0.2, 0.25) is 0 Å². The lowest BCUT2D eigenvalue weighted by Gasteiger charge is -2.13. The minimum atomic E-state index is -0.0467. The van der Waals surface area contributed by atoms with Crippen LogP contribution in [-0.4, -0.2) is 24.0 Å². The van der Waals surface area contributed by atoms with Crippen LogP contribution in [0.25, 0.3) is 0 Å². The average Bonchev–Trinajstić information content (AvgIpc) is 2.73. The Hall–Kier alpha value is -2.62. The number of aryl methyl sites for hydroxylation is 1. The minimum absolute atomic E-state index is 0.0467. The van der Waals surface area contributed by atoms with Crippen LogP contribution in [0.3, 0.4) is 0 Å². The first-order valence-corrected chi connectivity index (χ1v) is 10.0. The van der Waals surface area contributed by atoms with E-state index in [9.17, 15) is 4.79 Å². The molecule has 0 radical (unpaired) electrons. The van der Waals surface area contributed by atoms with Crippen LogP contribution in [0.4, 0.5) is 5.82 Å². The molecule has 0 bridgehead atoms. The predicted molar refractivity (Wildman–Crippen MR) is 111 cm³/mol. The summed E-state index contributed by atoms with van der Waals surface area (Å²) >= 11 is 0. The molecule has 4 nitrogen and oxygen atoms in total. The Bertz CT molecular complexity index is 738. The molecule has 0 atom stereocenters. The maximum atomic E-state index is 12.2. The van der Waals surface area contributed by atoms with Crippen LogP contribution in [0.1, 0.15) is 54.4 Å². The number of anilines is 1. The smallest absolute Gasteiger partial charge is 0.252 e. The first kappa shape index (κ1) is 19.2. The second-order valence-electron chi connectivity index (χ2n) is 7.06. The first-order valence-electron chi connectivity index (χ1n) is 10.0. The zero-order chi connectivity index (χ0) is 18.7. The average molecular weight is 364 g/mol. The summed E-state index contributed by atoms with van der Waals surface area (Å²) in [7, 11) is 0. The molecule has 1 aliphatic carbocycles. The fourth-order valence-electron chi connectivity index (χ4n) is 3.36. The number of benzene rings is 1. The zero-order valence-electron chi connectivity index (χ0n) is 15.9. The molecule has 142 valence electrons. The summed E-state index contributed by atoms with van der Waals surface area (Å²) < 4.78 is 0. The van der Waals surface area contributed by atoms with Gasteiger partial charge in [0.25, 0.3) is 5.91 Å². The van der Waals surface area contributed by atoms with Crippen molar-refractivity contribution in [2.24, 2.45) is 0 Å². The lowest BCUT2D eigenvalue weighted by Crippen LogP contribution is -2.25. The van der Waals surface area contributed by atoms with Crippen LogP contribution in [-0.2, 0) is 6.42 Å². The molecule has 0 saturated heterocycles. The molecule has 1 heterocycles. The molecule has 0 aliphatic heterocycles. The summed E-state index contributed by atoms with van der Waals surface area (Å²) in [4.78, 5) is 16.6. The number of carbonyl (C=O) groups excluding carboxylic acids is 1. The van der Waals surface area contributed by atoms with Gasteiger partial charge in [-0.15, -0.1) is 0 Å². The molecule has 0 unspecified atom stereocenters. The minimum Gasteiger partial charge on any atom is -0.370 e. The van der Waals surface area contributed by atoms with E-state index in [0.29, 0.717) is 12.1 Å². The first-order chi connectivity index (χ1) is 13.3. The largest absolute Gasteiger partial charge is 0.370 e. The normalized spacial score (nSPS) is 13.7. The molecule has 3 rings (SSSR count). The summed E-state index contributed by atoms with van der Waals surface area (Å²) in [5.74, 6) is 0.765. The van der Waals surface area contributed by atoms with E-state index in [1.807, 2.05) is 18.2 Å². The standard InChI is InChI=1S/C23H29N3O/c27-23(25-17-15-20-10-5-2-6-11-20)21-13-14-22(26-18-21)24-16-7-12-19-8-3-1-4-9-19/h1,3-4,8-10,13-14,18H,2,5-7,11-12,15-17H2,(H,24,26)(H,25,27). The van der Waals surface area contributed by atoms with Crippen molar-refractivity contribution >= 4 is 11.7 Å². The van der Waals surface area contributed by atoms with Gasteiger partial charge in [-0.05, 0) is 62.6 Å². The van der Waals surface area contributed by atoms with Gasteiger partial charge >= 0.3 is 0 Å². The van der Waals surface area contributed by atoms with E-state index in [2.05, 4.69) is 46.0 Å². The number of hydrogen-bond donors (Lipinski definition) is 2. The fraction of sp³-hybridized carbons (Fsp3) is 0.391. The highest BCUT2D eigenvalue weighted by Gasteiger charge is 2.07. The van der Waals surface area contributed by atoms with E-state index < -0.39 is 0 Å². The summed E-state index contributed by atoms with van der Waals surface area (Å²) in [6.07, 6.45) is 12.0. The molecule has 27 heavy (non-hydrogen) atoms. The Morgan fingerprint density at radius 1 is 1.00 bits per heavy atom. The van der Waals surface area contributed by atoms with Gasteiger partial charge < -0.3 is 10.6 Å². The van der Waals surface area contributed by atoms with Gasteiger partial charge in [-0.1, -0.05) is 42.0 Å². The second kappa shape index (κ2) is 10.5. The van der Waals surface area contributed by atoms with Crippen molar-refractivity contribution in [3.63, 3.8) is 0 Å². The van der Waals surface area contributed by atoms with Gasteiger partial charge in [0, 0.05) is 19.3 Å². The molecule has 2 N–H and O–H groups in total. The number of allylic oxidation sites excluding steroid dienone is 1. The molecule has 1 aliphatic rings. The van der Waals surface area contributed by atoms with Crippen molar-refractivity contribution in [3.05, 3.63) is 71.4 Å². The van der Waals surface area contributed by atoms with Gasteiger partial charge in [0.15, 0.2) is 0 Å². The summed E-state index contributed by atoms with van der Waals surface area (Å²) in [5.41, 5.74) is 3.44. The number of pyridine rings is 1. The summed E-state index contributed by atoms with van der Waals surface area (Å²) in [6.45, 7) is 1.56. The van der Waals surface area contributed by atoms with E-state index in [4.69, 9.17) is 0 Å². The van der Waals surface area contributed by atoms with Crippen molar-refractivity contribution in [2.45, 2.75) is 44.9 Å². The molecular weight excluding hydrogens is 334 g/mol. The molecule has 4 heteroatoms. The van der Waals surface area contributed by atoms with E-state index in [1.165, 1.54) is 36.8 Å². The van der Waals surface area contributed by atoms with Gasteiger partial charge in [-0.25, -0.2) is 4.98 Å². The Morgan fingerprint density at radius 2 is 1.89 bits per heavy atom. The Labute approximate surface area is 162 Å². The van der Waals surface area contributed by atoms with Gasteiger partial charge in [0.2, 0.25) is 0 Å². The topological polar surface area (TPSA) is 54.0 Å². The quantitative estimate of drug-likeness (QED) is 0.499. The van der Waals surface area contributed by atoms with Crippen molar-refractivity contribution in [3.8, 4) is 0 Å². The second-order valence-corrected chi connectivity index (χ2v) is 7.06. The Kier molecular flexibility index (Phi) is 7.45. The third-order valence-electron chi connectivity index (χ3n) is 4.93. The maximum Gasteiger partial charge on any atom is 0.252 e. The lowest BCUT2D eigenvalue weighted by molar-refractivity contribution is 0.0953. The molecule has 1 aromatic heterocycles. The molecular formula is C23H29N3O. The van der Waals surface area contributed by atoms with Crippen molar-refractivity contribution in [1.82, 2.24) is 10.3 Å². The van der Waals surface area contributed by atoms with Crippen molar-refractivity contribution < 1.29 is 4.79 Å². The molecule has 1 amide bonds. The number of aromatic nitrogens is 1. The number of nitrogens with zero attached hydrogens (tertiary/aromatic N) is 1. The third kappa shape index (κ3) is 6.55. The molecule has 1 aromatic carbocycles. The van der Waals surface area contributed by atoms with Crippen LogP contribution >= 0.6 is 0 Å². The third-order valence-corrected chi connectivity index (χ3v) is 4.93. The van der Waals surface area contributed by atoms with Gasteiger partial charge in [-0.3, -0.25) is 4.79 Å². The monoisotopic (exact) mass is 363 g/mol. The van der Waals surface area contributed by atoms with Crippen molar-refractivity contribution in [1.29, 1.82) is 0 Å². The highest BCUT2D eigenvalue weighted by atomic mass is 16.1. The van der Waals surface area contributed by atoms with Gasteiger partial charge in [-0.2, -0.15) is 0 Å². The zero-order valence-corrected chi connectivity index (χ0v) is 15.9. The van der Waals surface area contributed by atoms with Crippen LogP contribution in [0.15, 0.2) is 60.3 Å². The van der Waals surface area contributed by atoms with E-state index in [1.54, 1.807) is 6.20 Å². The summed E-state index contributed by atoms with van der Waals surface area (Å²) in [5, 5.41) is 6.31. The molecule has 0 spiro atoms. The SMILES string of the molecule is O=C(NCCC1=CCCCC1)c1ccc(NCCCc2ccccc2)nc1. The lowest BCUT2D eigenvalue weighted by atomic mass is 9.97. The Morgan fingerprint density at radius 3 is 2.63 bits per heavy atom. The van der Waals surface area contributed by atoms with E-state index in [0.717, 1.165) is 31.6 Å². The summed E-state index contributed by atoms with van der Waals surface area (Å²) in [6, 6.07) is 14.2. The van der Waals surface area contributed by atoms with Gasteiger partial charge in [0.05, 0.1) is 5.56 Å². The number of rotatable bonds is 9. The number of hydrogen-bond acceptors (Lipinski definition) is 3. The number of nitrogens with one attached hydrogen (secondary N) is 2. The number of carbonyl (C=O) groups is 1. The Balaban J connectivity index is 1.36. The molecule has 0 saturated carbocycles. The molecule has 0 fully saturated rings. The number of amides is 1. The highest BCUT2D eigenvalue weighted by molar-refractivity contribution is 5.94.